The molecule has 0 atom stereocenters. The van der Waals surface area contributed by atoms with Crippen molar-refractivity contribution < 1.29 is 33.2 Å². The summed E-state index contributed by atoms with van der Waals surface area (Å²) in [6, 6.07) is 0. The highest BCUT2D eigenvalue weighted by Gasteiger charge is 2.25. The van der Waals surface area contributed by atoms with Crippen molar-refractivity contribution >= 4 is 0 Å². The molecule has 0 aromatic rings. The third-order valence-corrected chi connectivity index (χ3v) is 2.76. The number of hydrogen-bond donors (Lipinski definition) is 0. The molecule has 1 saturated heterocycles. The molecule has 1 heterocycles. The van der Waals surface area contributed by atoms with E-state index in [4.69, 9.17) is 4.74 Å². The molecule has 0 N–H and O–H groups in total. The lowest BCUT2D eigenvalue weighted by molar-refractivity contribution is -0.931. The van der Waals surface area contributed by atoms with Crippen molar-refractivity contribution in [2.45, 2.75) is 13.8 Å². The lowest BCUT2D eigenvalue weighted by Crippen LogP contribution is -3.00. The van der Waals surface area contributed by atoms with Gasteiger partial charge in [-0.25, -0.2) is 0 Å². The first-order valence-electron chi connectivity index (χ1n) is 4.26. The van der Waals surface area contributed by atoms with Gasteiger partial charge in [0.15, 0.2) is 0 Å². The monoisotopic (exact) mass is 271 g/mol. The Hall–Kier alpha value is 0.650. The largest absolute Gasteiger partial charge is 1.00 e. The van der Waals surface area contributed by atoms with Crippen LogP contribution in [0.1, 0.15) is 13.8 Å². The van der Waals surface area contributed by atoms with Gasteiger partial charge in [0.05, 0.1) is 26.3 Å². The van der Waals surface area contributed by atoms with Crippen LogP contribution in [0.2, 0.25) is 0 Å². The van der Waals surface area contributed by atoms with Crippen LogP contribution in [-0.4, -0.2) is 43.9 Å². The first-order valence-corrected chi connectivity index (χ1v) is 4.26. The zero-order chi connectivity index (χ0) is 7.45. The average molecular weight is 271 g/mol. The van der Waals surface area contributed by atoms with Gasteiger partial charge >= 0.3 is 0 Å². The average Bonchev–Trinajstić information content (AvgIpc) is 2.06. The number of rotatable bonds is 2. The molecular weight excluding hydrogens is 253 g/mol. The molecule has 1 aliphatic rings. The van der Waals surface area contributed by atoms with E-state index in [1.54, 1.807) is 0 Å². The molecule has 0 saturated carbocycles. The summed E-state index contributed by atoms with van der Waals surface area (Å²) in [5, 5.41) is 0. The maximum absolute atomic E-state index is 5.31. The van der Waals surface area contributed by atoms with Crippen LogP contribution >= 0.6 is 0 Å². The Bertz CT molecular complexity index is 96.3. The van der Waals surface area contributed by atoms with Gasteiger partial charge in [-0.2, -0.15) is 0 Å². The first kappa shape index (κ1) is 11.6. The predicted molar refractivity (Wildman–Crippen MR) is 41.9 cm³/mol. The summed E-state index contributed by atoms with van der Waals surface area (Å²) < 4.78 is 6.58. The molecule has 0 aromatic carbocycles. The minimum Gasteiger partial charge on any atom is -1.00 e. The van der Waals surface area contributed by atoms with Crippen molar-refractivity contribution in [3.05, 3.63) is 0 Å². The topological polar surface area (TPSA) is 9.23 Å². The third-order valence-electron chi connectivity index (χ3n) is 2.76. The van der Waals surface area contributed by atoms with E-state index in [-0.39, 0.29) is 24.0 Å². The van der Waals surface area contributed by atoms with Crippen LogP contribution in [-0.2, 0) is 4.74 Å². The Kier molecular flexibility index (Phi) is 5.64. The first-order chi connectivity index (χ1) is 4.83. The van der Waals surface area contributed by atoms with E-state index in [2.05, 4.69) is 13.8 Å². The fourth-order valence-corrected chi connectivity index (χ4v) is 1.59. The third kappa shape index (κ3) is 2.87. The fraction of sp³-hybridized carbons (Fsp3) is 1.00. The Morgan fingerprint density at radius 3 is 1.82 bits per heavy atom. The van der Waals surface area contributed by atoms with E-state index in [1.807, 2.05) is 0 Å². The molecule has 1 fully saturated rings. The van der Waals surface area contributed by atoms with Gasteiger partial charge in [0.2, 0.25) is 0 Å². The minimum atomic E-state index is 0. The van der Waals surface area contributed by atoms with E-state index in [1.165, 1.54) is 30.7 Å². The highest BCUT2D eigenvalue weighted by atomic mass is 127. The van der Waals surface area contributed by atoms with Crippen molar-refractivity contribution in [2.75, 3.05) is 39.4 Å². The summed E-state index contributed by atoms with van der Waals surface area (Å²) in [4.78, 5) is 0. The SMILES string of the molecule is CC[N+]1(CC)CCOCC1.[I-]. The molecule has 1 rings (SSSR count). The number of nitrogens with zero attached hydrogens (tertiary/aromatic N) is 1. The van der Waals surface area contributed by atoms with Crippen LogP contribution in [0.15, 0.2) is 0 Å². The normalized spacial score (nSPS) is 22.4. The van der Waals surface area contributed by atoms with Gasteiger partial charge < -0.3 is 33.2 Å². The highest BCUT2D eigenvalue weighted by molar-refractivity contribution is 4.46. The molecule has 0 spiro atoms. The van der Waals surface area contributed by atoms with Gasteiger partial charge in [-0.3, -0.25) is 0 Å². The second-order valence-electron chi connectivity index (χ2n) is 3.03. The van der Waals surface area contributed by atoms with Crippen LogP contribution in [0.25, 0.3) is 0 Å². The van der Waals surface area contributed by atoms with Crippen molar-refractivity contribution in [3.8, 4) is 0 Å². The van der Waals surface area contributed by atoms with E-state index >= 15 is 0 Å². The van der Waals surface area contributed by atoms with Crippen LogP contribution in [0.4, 0.5) is 0 Å². The molecule has 0 amide bonds. The second kappa shape index (κ2) is 5.32. The van der Waals surface area contributed by atoms with Gasteiger partial charge in [0.1, 0.15) is 13.1 Å². The molecule has 11 heavy (non-hydrogen) atoms. The van der Waals surface area contributed by atoms with Crippen molar-refractivity contribution in [3.63, 3.8) is 0 Å². The van der Waals surface area contributed by atoms with Crippen LogP contribution in [0.5, 0.6) is 0 Å². The molecule has 3 heteroatoms. The number of halogens is 1. The van der Waals surface area contributed by atoms with Crippen molar-refractivity contribution in [1.82, 2.24) is 0 Å². The Morgan fingerprint density at radius 1 is 1.09 bits per heavy atom. The predicted octanol–water partition coefficient (Wildman–Crippen LogP) is -2.12. The minimum absolute atomic E-state index is 0. The van der Waals surface area contributed by atoms with Crippen LogP contribution in [0.3, 0.4) is 0 Å². The lowest BCUT2D eigenvalue weighted by atomic mass is 10.3. The number of quaternary nitrogens is 1. The molecule has 68 valence electrons. The zero-order valence-corrected chi connectivity index (χ0v) is 9.63. The molecule has 0 aromatic heterocycles. The zero-order valence-electron chi connectivity index (χ0n) is 7.48. The quantitative estimate of drug-likeness (QED) is 0.412. The van der Waals surface area contributed by atoms with E-state index in [0.29, 0.717) is 0 Å². The fourth-order valence-electron chi connectivity index (χ4n) is 1.59. The molecule has 0 aliphatic carbocycles. The lowest BCUT2D eigenvalue weighted by Gasteiger charge is -2.39. The number of ether oxygens (including phenoxy) is 1. The number of hydrogen-bond acceptors (Lipinski definition) is 1. The summed E-state index contributed by atoms with van der Waals surface area (Å²) in [5.41, 5.74) is 0. The number of morpholine rings is 1. The standard InChI is InChI=1S/C8H18NO.HI/c1-3-9(4-2)5-7-10-8-6-9;/h3-8H2,1-2H3;1H/q+1;/p-1. The Morgan fingerprint density at radius 2 is 1.55 bits per heavy atom. The Balaban J connectivity index is 0.000001000. The van der Waals surface area contributed by atoms with Crippen LogP contribution in [0, 0.1) is 0 Å². The van der Waals surface area contributed by atoms with E-state index < -0.39 is 0 Å². The summed E-state index contributed by atoms with van der Waals surface area (Å²) >= 11 is 0. The van der Waals surface area contributed by atoms with Gasteiger partial charge in [-0.1, -0.05) is 0 Å². The molecule has 1 aliphatic heterocycles. The Labute approximate surface area is 86.5 Å². The summed E-state index contributed by atoms with van der Waals surface area (Å²) in [6.07, 6.45) is 0. The van der Waals surface area contributed by atoms with Gasteiger partial charge in [-0.15, -0.1) is 0 Å². The maximum atomic E-state index is 5.31. The second-order valence-corrected chi connectivity index (χ2v) is 3.03. The number of likely N-dealkylation sites (N-methyl/N-ethyl adjacent to an activating group) is 1. The van der Waals surface area contributed by atoms with Crippen molar-refractivity contribution in [2.24, 2.45) is 0 Å². The van der Waals surface area contributed by atoms with Crippen molar-refractivity contribution in [1.29, 1.82) is 0 Å². The summed E-state index contributed by atoms with van der Waals surface area (Å²) in [7, 11) is 0. The van der Waals surface area contributed by atoms with E-state index in [9.17, 15) is 0 Å². The van der Waals surface area contributed by atoms with Gasteiger partial charge in [0, 0.05) is 0 Å². The molecule has 2 nitrogen and oxygen atoms in total. The highest BCUT2D eigenvalue weighted by Crippen LogP contribution is 2.09. The van der Waals surface area contributed by atoms with Gasteiger partial charge in [-0.05, 0) is 13.8 Å². The van der Waals surface area contributed by atoms with Gasteiger partial charge in [0.25, 0.3) is 0 Å². The summed E-state index contributed by atoms with van der Waals surface area (Å²) in [5.74, 6) is 0. The molecule has 0 radical (unpaired) electrons. The summed E-state index contributed by atoms with van der Waals surface area (Å²) in [6.45, 7) is 11.4. The molecule has 0 bridgehead atoms. The van der Waals surface area contributed by atoms with Crippen LogP contribution < -0.4 is 24.0 Å². The molecule has 0 unspecified atom stereocenters. The smallest absolute Gasteiger partial charge is 0.102 e. The van der Waals surface area contributed by atoms with E-state index in [0.717, 1.165) is 13.2 Å². The molecular formula is C8H18INO. The maximum Gasteiger partial charge on any atom is 0.102 e.